The maximum absolute atomic E-state index is 13.8. The Morgan fingerprint density at radius 1 is 0.970 bits per heavy atom. The second kappa shape index (κ2) is 9.36. The number of hydrogen-bond acceptors (Lipinski definition) is 4. The van der Waals surface area contributed by atoms with Gasteiger partial charge in [0.25, 0.3) is 5.91 Å². The molecule has 1 aliphatic rings. The molecule has 0 fully saturated rings. The summed E-state index contributed by atoms with van der Waals surface area (Å²) in [4.78, 5) is 26.2. The third-order valence-electron chi connectivity index (χ3n) is 5.48. The summed E-state index contributed by atoms with van der Waals surface area (Å²) in [6, 6.07) is 13.1. The minimum atomic E-state index is -1.26. The van der Waals surface area contributed by atoms with E-state index in [1.807, 2.05) is 0 Å². The zero-order chi connectivity index (χ0) is 23.5. The van der Waals surface area contributed by atoms with E-state index in [1.54, 1.807) is 47.4 Å². The highest BCUT2D eigenvalue weighted by atomic mass is 19.2. The van der Waals surface area contributed by atoms with Gasteiger partial charge < -0.3 is 14.4 Å². The van der Waals surface area contributed by atoms with Crippen molar-refractivity contribution in [1.29, 1.82) is 0 Å². The molecule has 0 saturated heterocycles. The molecule has 0 aromatic heterocycles. The average Bonchev–Trinajstić information content (AvgIpc) is 2.82. The highest BCUT2D eigenvalue weighted by molar-refractivity contribution is 5.97. The Kier molecular flexibility index (Phi) is 6.35. The molecule has 0 radical (unpaired) electrons. The van der Waals surface area contributed by atoms with E-state index in [-0.39, 0.29) is 18.1 Å². The normalized spacial score (nSPS) is 13.0. The quantitative estimate of drug-likeness (QED) is 0.401. The van der Waals surface area contributed by atoms with Crippen LogP contribution in [0.25, 0.3) is 0 Å². The molecular formula is C25H20F3NO4. The van der Waals surface area contributed by atoms with Gasteiger partial charge in [-0.25, -0.2) is 18.0 Å². The fourth-order valence-corrected chi connectivity index (χ4v) is 3.67. The number of methoxy groups -OCH3 is 1. The number of rotatable bonds is 6. The van der Waals surface area contributed by atoms with E-state index in [4.69, 9.17) is 4.74 Å². The van der Waals surface area contributed by atoms with Gasteiger partial charge in [0.1, 0.15) is 18.2 Å². The molecule has 8 heteroatoms. The van der Waals surface area contributed by atoms with Crippen molar-refractivity contribution in [3.63, 3.8) is 0 Å². The minimum Gasteiger partial charge on any atom is -0.489 e. The van der Waals surface area contributed by atoms with E-state index in [1.165, 1.54) is 7.11 Å². The molecule has 4 rings (SSSR count). The van der Waals surface area contributed by atoms with Crippen molar-refractivity contribution < 1.29 is 32.2 Å². The zero-order valence-electron chi connectivity index (χ0n) is 17.7. The van der Waals surface area contributed by atoms with Gasteiger partial charge in [0.05, 0.1) is 12.7 Å². The summed E-state index contributed by atoms with van der Waals surface area (Å²) >= 11 is 0. The summed E-state index contributed by atoms with van der Waals surface area (Å²) < 4.78 is 50.5. The molecule has 0 aliphatic carbocycles. The number of fused-ring (bicyclic) bond motifs is 1. The molecule has 1 heterocycles. The molecule has 0 spiro atoms. The fourth-order valence-electron chi connectivity index (χ4n) is 3.67. The van der Waals surface area contributed by atoms with E-state index in [9.17, 15) is 22.8 Å². The molecule has 3 aromatic rings. The van der Waals surface area contributed by atoms with Crippen LogP contribution in [0.15, 0.2) is 54.6 Å². The van der Waals surface area contributed by atoms with Crippen LogP contribution in [0.1, 0.15) is 37.4 Å². The summed E-state index contributed by atoms with van der Waals surface area (Å²) in [7, 11) is 1.32. The Morgan fingerprint density at radius 3 is 2.42 bits per heavy atom. The third-order valence-corrected chi connectivity index (χ3v) is 5.48. The molecule has 1 aliphatic heterocycles. The molecule has 0 N–H and O–H groups in total. The largest absolute Gasteiger partial charge is 0.489 e. The summed E-state index contributed by atoms with van der Waals surface area (Å²) in [5.41, 5.74) is 2.55. The molecule has 1 amide bonds. The highest BCUT2D eigenvalue weighted by Gasteiger charge is 2.25. The lowest BCUT2D eigenvalue weighted by molar-refractivity contribution is 0.0600. The standard InChI is InChI=1S/C25H20F3NO4/c1-32-25(31)16-4-2-15(3-5-16)13-29-9-8-17-10-19(6-7-20(17)24(29)30)33-14-18-11-22(27)23(28)12-21(18)26/h2-7,10-12H,8-9,13-14H2,1H3. The number of hydrogen-bond donors (Lipinski definition) is 0. The molecule has 0 atom stereocenters. The first-order chi connectivity index (χ1) is 15.9. The van der Waals surface area contributed by atoms with Gasteiger partial charge >= 0.3 is 5.97 Å². The third kappa shape index (κ3) is 4.84. The molecule has 0 unspecified atom stereocenters. The Morgan fingerprint density at radius 2 is 1.70 bits per heavy atom. The lowest BCUT2D eigenvalue weighted by Gasteiger charge is -2.29. The number of carbonyl (C=O) groups is 2. The second-order valence-electron chi connectivity index (χ2n) is 7.63. The molecule has 5 nitrogen and oxygen atoms in total. The first-order valence-corrected chi connectivity index (χ1v) is 10.2. The SMILES string of the molecule is COC(=O)c1ccc(CN2CCc3cc(OCc4cc(F)c(F)cc4F)ccc3C2=O)cc1. The Labute approximate surface area is 188 Å². The molecule has 0 saturated carbocycles. The number of amides is 1. The van der Waals surface area contributed by atoms with Crippen LogP contribution < -0.4 is 4.74 Å². The van der Waals surface area contributed by atoms with E-state index in [2.05, 4.69) is 4.74 Å². The summed E-state index contributed by atoms with van der Waals surface area (Å²) in [5, 5.41) is 0. The van der Waals surface area contributed by atoms with Crippen molar-refractivity contribution in [2.75, 3.05) is 13.7 Å². The topological polar surface area (TPSA) is 55.8 Å². The van der Waals surface area contributed by atoms with Crippen molar-refractivity contribution in [3.8, 4) is 5.75 Å². The number of carbonyl (C=O) groups excluding carboxylic acids is 2. The maximum atomic E-state index is 13.8. The molecular weight excluding hydrogens is 435 g/mol. The molecule has 3 aromatic carbocycles. The van der Waals surface area contributed by atoms with E-state index >= 15 is 0 Å². The van der Waals surface area contributed by atoms with Crippen molar-refractivity contribution in [2.45, 2.75) is 19.6 Å². The van der Waals surface area contributed by atoms with Gasteiger partial charge in [-0.15, -0.1) is 0 Å². The number of esters is 1. The van der Waals surface area contributed by atoms with E-state index < -0.39 is 23.4 Å². The van der Waals surface area contributed by atoms with Crippen LogP contribution in [0.5, 0.6) is 5.75 Å². The average molecular weight is 455 g/mol. The van der Waals surface area contributed by atoms with Gasteiger partial charge in [-0.2, -0.15) is 0 Å². The van der Waals surface area contributed by atoms with E-state index in [0.717, 1.165) is 17.2 Å². The predicted octanol–water partition coefficient (Wildman–Crippen LogP) is 4.67. The molecule has 170 valence electrons. The van der Waals surface area contributed by atoms with Crippen molar-refractivity contribution in [2.24, 2.45) is 0 Å². The zero-order valence-corrected chi connectivity index (χ0v) is 17.7. The van der Waals surface area contributed by atoms with Crippen LogP contribution in [0.4, 0.5) is 13.2 Å². The van der Waals surface area contributed by atoms with Crippen LogP contribution in [-0.4, -0.2) is 30.4 Å². The van der Waals surface area contributed by atoms with Crippen LogP contribution in [0.2, 0.25) is 0 Å². The van der Waals surface area contributed by atoms with Crippen molar-refractivity contribution in [1.82, 2.24) is 4.90 Å². The monoisotopic (exact) mass is 455 g/mol. The fraction of sp³-hybridized carbons (Fsp3) is 0.200. The first kappa shape index (κ1) is 22.4. The summed E-state index contributed by atoms with van der Waals surface area (Å²) in [6.45, 7) is 0.614. The Balaban J connectivity index is 1.42. The van der Waals surface area contributed by atoms with Gasteiger partial charge in [0.2, 0.25) is 0 Å². The van der Waals surface area contributed by atoms with Crippen molar-refractivity contribution >= 4 is 11.9 Å². The van der Waals surface area contributed by atoms with E-state index in [0.29, 0.717) is 42.5 Å². The van der Waals surface area contributed by atoms with Gasteiger partial charge in [-0.05, 0) is 53.9 Å². The lowest BCUT2D eigenvalue weighted by atomic mass is 9.98. The minimum absolute atomic E-state index is 0.105. The second-order valence-corrected chi connectivity index (χ2v) is 7.63. The van der Waals surface area contributed by atoms with Crippen LogP contribution in [0.3, 0.4) is 0 Å². The summed E-state index contributed by atoms with van der Waals surface area (Å²) in [6.07, 6.45) is 0.595. The van der Waals surface area contributed by atoms with Gasteiger partial charge in [0.15, 0.2) is 11.6 Å². The summed E-state index contributed by atoms with van der Waals surface area (Å²) in [5.74, 6) is -3.45. The number of benzene rings is 3. The number of nitrogens with zero attached hydrogens (tertiary/aromatic N) is 1. The van der Waals surface area contributed by atoms with Crippen LogP contribution >= 0.6 is 0 Å². The predicted molar refractivity (Wildman–Crippen MR) is 113 cm³/mol. The van der Waals surface area contributed by atoms with Crippen molar-refractivity contribution in [3.05, 3.63) is 99.9 Å². The van der Waals surface area contributed by atoms with Gasteiger partial charge in [0, 0.05) is 30.3 Å². The maximum Gasteiger partial charge on any atom is 0.337 e. The van der Waals surface area contributed by atoms with Gasteiger partial charge in [-0.1, -0.05) is 12.1 Å². The lowest BCUT2D eigenvalue weighted by Crippen LogP contribution is -2.37. The highest BCUT2D eigenvalue weighted by Crippen LogP contribution is 2.26. The van der Waals surface area contributed by atoms with Gasteiger partial charge in [-0.3, -0.25) is 4.79 Å². The number of halogens is 3. The molecule has 33 heavy (non-hydrogen) atoms. The first-order valence-electron chi connectivity index (χ1n) is 10.2. The Hall–Kier alpha value is -3.81. The molecule has 0 bridgehead atoms. The number of ether oxygens (including phenoxy) is 2. The smallest absolute Gasteiger partial charge is 0.337 e. The Bertz CT molecular complexity index is 1210. The van der Waals surface area contributed by atoms with Crippen LogP contribution in [0, 0.1) is 17.5 Å². The van der Waals surface area contributed by atoms with Crippen LogP contribution in [-0.2, 0) is 24.3 Å².